The summed E-state index contributed by atoms with van der Waals surface area (Å²) in [6, 6.07) is 7.53. The fourth-order valence-electron chi connectivity index (χ4n) is 26.7. The number of rotatable bonds is 2. The lowest BCUT2D eigenvalue weighted by Crippen LogP contribution is -2.51. The highest BCUT2D eigenvalue weighted by molar-refractivity contribution is 7.20. The first-order chi connectivity index (χ1) is 36.8. The summed E-state index contributed by atoms with van der Waals surface area (Å²) in [6.45, 7) is 1.05. The van der Waals surface area contributed by atoms with Gasteiger partial charge in [0.2, 0.25) is 0 Å². The van der Waals surface area contributed by atoms with E-state index in [1.165, 1.54) is 9.75 Å². The van der Waals surface area contributed by atoms with Crippen molar-refractivity contribution in [2.45, 2.75) is 16.9 Å². The quantitative estimate of drug-likeness (QED) is 0.156. The minimum atomic E-state index is -0.319. The van der Waals surface area contributed by atoms with Gasteiger partial charge in [-0.3, -0.25) is 4.90 Å². The fourth-order valence-corrected chi connectivity index (χ4v) is 28.5. The van der Waals surface area contributed by atoms with E-state index in [-0.39, 0.29) is 16.9 Å². The van der Waals surface area contributed by atoms with E-state index >= 15 is 0 Å². The Kier molecular flexibility index (Phi) is 2.51. The first-order valence-corrected chi connectivity index (χ1v) is 29.2. The Morgan fingerprint density at radius 1 is 0.311 bits per heavy atom. The molecular formula is C71H11NS2. The van der Waals surface area contributed by atoms with Gasteiger partial charge in [0.05, 0.1) is 16.9 Å². The summed E-state index contributed by atoms with van der Waals surface area (Å²) < 4.78 is 0. The van der Waals surface area contributed by atoms with E-state index in [0.717, 1.165) is 6.54 Å². The number of likely N-dealkylation sites (tertiary alicyclic amines) is 1. The number of hydrogen-bond acceptors (Lipinski definition) is 3. The summed E-state index contributed by atoms with van der Waals surface area (Å²) in [6.07, 6.45) is 0. The van der Waals surface area contributed by atoms with Crippen LogP contribution >= 0.6 is 22.7 Å². The van der Waals surface area contributed by atoms with E-state index in [1.807, 2.05) is 22.7 Å². The minimum absolute atomic E-state index is 0.168. The van der Waals surface area contributed by atoms with Crippen LogP contribution in [0.25, 0.3) is 301 Å². The lowest BCUT2D eigenvalue weighted by atomic mass is 9.47. The topological polar surface area (TPSA) is 3.24 Å². The van der Waals surface area contributed by atoms with Gasteiger partial charge in [0.1, 0.15) is 0 Å². The van der Waals surface area contributed by atoms with Crippen LogP contribution in [0.5, 0.6) is 0 Å². The van der Waals surface area contributed by atoms with Gasteiger partial charge in [-0.2, -0.15) is 0 Å². The monoisotopic (exact) mass is 941 g/mol. The Morgan fingerprint density at radius 2 is 0.568 bits per heavy atom. The SMILES string of the molecule is CN1CC23c4c5c6c7c8c9c(c%10c%11c2c2c4c4c%12c5c5c6c6c8c8c%13c9c9c%10c%10c%11c%11c2c2c4c4c%12c%12c5c5c6c8c6c8c%13c9c9c%10c%10c%11c2c2c4c4c%12c5c6c5c8c9c%10c2c45)C73C1c1ccsc1-c1cccs1. The van der Waals surface area contributed by atoms with E-state index in [2.05, 4.69) is 40.9 Å². The van der Waals surface area contributed by atoms with Gasteiger partial charge in [0.25, 0.3) is 0 Å². The van der Waals surface area contributed by atoms with Crippen LogP contribution in [-0.2, 0) is 10.8 Å². The van der Waals surface area contributed by atoms with Crippen molar-refractivity contribution in [3.8, 4) is 9.75 Å². The third-order valence-corrected chi connectivity index (χ3v) is 28.6. The van der Waals surface area contributed by atoms with Crippen LogP contribution in [0.2, 0.25) is 0 Å². The molecular weight excluding hydrogens is 931 g/mol. The lowest BCUT2D eigenvalue weighted by molar-refractivity contribution is 0.272. The molecule has 30 aromatic rings. The highest BCUT2D eigenvalue weighted by Crippen LogP contribution is 2.87. The Balaban J connectivity index is 1.12. The van der Waals surface area contributed by atoms with Crippen molar-refractivity contribution >= 4 is 314 Å². The van der Waals surface area contributed by atoms with Crippen LogP contribution in [0.15, 0.2) is 29.0 Å². The van der Waals surface area contributed by atoms with Crippen molar-refractivity contribution in [2.24, 2.45) is 0 Å². The van der Waals surface area contributed by atoms with Crippen LogP contribution in [0.4, 0.5) is 0 Å². The van der Waals surface area contributed by atoms with Gasteiger partial charge >= 0.3 is 0 Å². The van der Waals surface area contributed by atoms with Crippen molar-refractivity contribution in [2.75, 3.05) is 13.6 Å². The number of hydrogen-bond donors (Lipinski definition) is 0. The molecule has 0 saturated carbocycles. The predicted molar refractivity (Wildman–Crippen MR) is 317 cm³/mol. The van der Waals surface area contributed by atoms with Gasteiger partial charge in [0, 0.05) is 16.3 Å². The average molecular weight is 942 g/mol. The molecule has 0 radical (unpaired) electrons. The summed E-state index contributed by atoms with van der Waals surface area (Å²) in [5, 5.41) is 95.4. The molecule has 5 aliphatic rings. The van der Waals surface area contributed by atoms with Gasteiger partial charge in [-0.1, -0.05) is 6.07 Å². The maximum atomic E-state index is 2.99. The molecule has 4 aliphatic carbocycles. The Bertz CT molecular complexity index is 7510. The van der Waals surface area contributed by atoms with E-state index in [4.69, 9.17) is 0 Å². The molecule has 0 amide bonds. The van der Waals surface area contributed by atoms with Crippen LogP contribution in [0.3, 0.4) is 0 Å². The molecule has 1 aliphatic heterocycles. The normalized spacial score (nSPS) is 23.3. The van der Waals surface area contributed by atoms with Crippen LogP contribution < -0.4 is 0 Å². The molecule has 0 bridgehead atoms. The zero-order valence-electron chi connectivity index (χ0n) is 37.9. The van der Waals surface area contributed by atoms with Crippen molar-refractivity contribution in [1.82, 2.24) is 4.90 Å². The Morgan fingerprint density at radius 3 is 0.824 bits per heavy atom. The second kappa shape index (κ2) is 6.55. The number of benzene rings is 18. The van der Waals surface area contributed by atoms with Crippen LogP contribution in [0, 0.1) is 0 Å². The van der Waals surface area contributed by atoms with Crippen molar-refractivity contribution in [3.63, 3.8) is 0 Å². The van der Waals surface area contributed by atoms with Gasteiger partial charge in [-0.05, 0) is 349 Å². The average Bonchev–Trinajstić information content (AvgIpc) is 3.88. The molecule has 2 spiro atoms. The molecule has 3 heterocycles. The molecule has 1 unspecified atom stereocenters. The van der Waals surface area contributed by atoms with Gasteiger partial charge in [-0.15, -0.1) is 22.7 Å². The van der Waals surface area contributed by atoms with Gasteiger partial charge < -0.3 is 0 Å². The summed E-state index contributed by atoms with van der Waals surface area (Å²) in [5.41, 5.74) is 8.14. The first-order valence-electron chi connectivity index (χ1n) is 27.4. The Hall–Kier alpha value is -8.18. The van der Waals surface area contributed by atoms with E-state index in [1.54, 1.807) is 319 Å². The largest absolute Gasteiger partial charge is 0.297 e. The maximum Gasteiger partial charge on any atom is 0.0575 e. The summed E-state index contributed by atoms with van der Waals surface area (Å²) in [5.74, 6) is 0. The first kappa shape index (κ1) is 28.3. The third-order valence-electron chi connectivity index (χ3n) is 26.6. The summed E-state index contributed by atoms with van der Waals surface area (Å²) >= 11 is 3.96. The molecule has 0 N–H and O–H groups in total. The van der Waals surface area contributed by atoms with Crippen LogP contribution in [0.1, 0.15) is 33.9 Å². The summed E-state index contributed by atoms with van der Waals surface area (Å²) in [4.78, 5) is 5.93. The molecule has 1 fully saturated rings. The van der Waals surface area contributed by atoms with E-state index in [0.29, 0.717) is 0 Å². The summed E-state index contributed by atoms with van der Waals surface area (Å²) in [7, 11) is 2.60. The van der Waals surface area contributed by atoms with E-state index in [9.17, 15) is 0 Å². The number of nitrogens with zero attached hydrogens (tertiary/aromatic N) is 1. The van der Waals surface area contributed by atoms with Crippen LogP contribution in [-0.4, -0.2) is 18.5 Å². The van der Waals surface area contributed by atoms with Crippen molar-refractivity contribution in [3.05, 3.63) is 56.8 Å². The minimum Gasteiger partial charge on any atom is -0.297 e. The highest BCUT2D eigenvalue weighted by Gasteiger charge is 2.76. The smallest absolute Gasteiger partial charge is 0.0575 e. The highest BCUT2D eigenvalue weighted by atomic mass is 32.1. The van der Waals surface area contributed by atoms with Crippen molar-refractivity contribution in [1.29, 1.82) is 0 Å². The van der Waals surface area contributed by atoms with Gasteiger partial charge in [-0.25, -0.2) is 0 Å². The standard InChI is InChI=1S/C71H11NS2/c1-72-7-70-64-56-48-38-28-20-12-10-11-14-18-16(12)24-32-26(18)36-30-22(14)23-15(11)19-17-13(10)21(20)29-35-25(17)33-27(19)37-31(23)41-40(30)52-46(36)54-44(32)50(42(48)34(24)28)58(64)60(54)66-62(52)63-53(41)47(37)55-45(33)51-43(35)49(39(29)38)57(56)65(70)59(51)61(55)67(63)71(66,70)69(72)8-4-6-74-68(8)9-3-2-5-73-9/h2-6,69H,7H2,1H3. The Labute approximate surface area is 412 Å². The van der Waals surface area contributed by atoms with E-state index < -0.39 is 0 Å². The second-order valence-electron chi connectivity index (χ2n) is 27.0. The van der Waals surface area contributed by atoms with Gasteiger partial charge in [0.15, 0.2) is 0 Å². The molecule has 1 saturated heterocycles. The molecule has 1 nitrogen and oxygen atoms in total. The van der Waals surface area contributed by atoms with Crippen molar-refractivity contribution < 1.29 is 0 Å². The predicted octanol–water partition coefficient (Wildman–Crippen LogP) is 19.8. The molecule has 28 aromatic carbocycles. The molecule has 1 atom stereocenters. The molecule has 312 valence electrons. The third kappa shape index (κ3) is 1.54. The molecule has 3 heteroatoms. The number of thiophene rings is 2. The lowest BCUT2D eigenvalue weighted by Gasteiger charge is -2.52. The molecule has 74 heavy (non-hydrogen) atoms. The zero-order valence-corrected chi connectivity index (χ0v) is 39.6. The maximum absolute atomic E-state index is 2.99. The fraction of sp³-hybridized carbons (Fsp3) is 0.0704. The molecule has 35 rings (SSSR count). The second-order valence-corrected chi connectivity index (χ2v) is 28.8. The molecule has 2 aromatic heterocycles. The zero-order chi connectivity index (χ0) is 44.0. The number of likely N-dealkylation sites (N-methyl/N-ethyl adjacent to an activating group) is 1.